The van der Waals surface area contributed by atoms with Crippen LogP contribution in [0.1, 0.15) is 19.8 Å². The highest BCUT2D eigenvalue weighted by atomic mass is 19.1. The summed E-state index contributed by atoms with van der Waals surface area (Å²) in [5.74, 6) is -2.16. The predicted molar refractivity (Wildman–Crippen MR) is 65.6 cm³/mol. The SMILES string of the molecule is CC(COc1ccc(F)cc1F)(NC1CC1)C(N)=O. The molecule has 0 heterocycles. The second kappa shape index (κ2) is 5.13. The van der Waals surface area contributed by atoms with E-state index in [-0.39, 0.29) is 18.4 Å². The summed E-state index contributed by atoms with van der Waals surface area (Å²) in [6, 6.07) is 3.25. The minimum Gasteiger partial charge on any atom is -0.488 e. The molecule has 1 saturated carbocycles. The van der Waals surface area contributed by atoms with Gasteiger partial charge < -0.3 is 10.5 Å². The Morgan fingerprint density at radius 1 is 1.53 bits per heavy atom. The van der Waals surface area contributed by atoms with Gasteiger partial charge in [-0.25, -0.2) is 8.78 Å². The number of nitrogens with one attached hydrogen (secondary N) is 1. The Bertz CT molecular complexity index is 492. The van der Waals surface area contributed by atoms with Crippen molar-refractivity contribution in [2.24, 2.45) is 5.73 Å². The number of benzene rings is 1. The van der Waals surface area contributed by atoms with Gasteiger partial charge >= 0.3 is 0 Å². The van der Waals surface area contributed by atoms with Gasteiger partial charge in [-0.15, -0.1) is 0 Å². The first-order valence-corrected chi connectivity index (χ1v) is 6.06. The van der Waals surface area contributed by atoms with Crippen LogP contribution in [0.25, 0.3) is 0 Å². The molecule has 1 amide bonds. The molecule has 0 bridgehead atoms. The molecule has 19 heavy (non-hydrogen) atoms. The smallest absolute Gasteiger partial charge is 0.240 e. The molecule has 1 fully saturated rings. The Morgan fingerprint density at radius 3 is 2.74 bits per heavy atom. The summed E-state index contributed by atoms with van der Waals surface area (Å²) in [6.07, 6.45) is 1.96. The van der Waals surface area contributed by atoms with Gasteiger partial charge in [-0.2, -0.15) is 0 Å². The van der Waals surface area contributed by atoms with Crippen LogP contribution in [-0.4, -0.2) is 24.1 Å². The highest BCUT2D eigenvalue weighted by Crippen LogP contribution is 2.24. The first-order valence-electron chi connectivity index (χ1n) is 6.06. The van der Waals surface area contributed by atoms with Gasteiger partial charge in [0.05, 0.1) is 0 Å². The third-order valence-corrected chi connectivity index (χ3v) is 3.05. The van der Waals surface area contributed by atoms with Crippen molar-refractivity contribution in [3.63, 3.8) is 0 Å². The van der Waals surface area contributed by atoms with Crippen LogP contribution in [-0.2, 0) is 4.79 Å². The Hall–Kier alpha value is -1.69. The number of rotatable bonds is 6. The molecule has 1 aromatic rings. The number of carbonyl (C=O) groups is 1. The molecular formula is C13H16F2N2O2. The molecule has 1 aromatic carbocycles. The van der Waals surface area contributed by atoms with Gasteiger partial charge in [0.1, 0.15) is 18.0 Å². The first kappa shape index (κ1) is 13.7. The maximum atomic E-state index is 13.4. The van der Waals surface area contributed by atoms with Crippen molar-refractivity contribution in [1.82, 2.24) is 5.32 Å². The summed E-state index contributed by atoms with van der Waals surface area (Å²) < 4.78 is 31.4. The third kappa shape index (κ3) is 3.41. The Labute approximate surface area is 109 Å². The average molecular weight is 270 g/mol. The van der Waals surface area contributed by atoms with E-state index in [1.54, 1.807) is 6.92 Å². The highest BCUT2D eigenvalue weighted by Gasteiger charge is 2.38. The highest BCUT2D eigenvalue weighted by molar-refractivity contribution is 5.84. The standard InChI is InChI=1S/C13H16F2N2O2/c1-13(12(16)18,17-9-3-4-9)7-19-11-5-2-8(14)6-10(11)15/h2,5-6,9,17H,3-4,7H2,1H3,(H2,16,18). The van der Waals surface area contributed by atoms with Gasteiger partial charge in [0.25, 0.3) is 0 Å². The van der Waals surface area contributed by atoms with Gasteiger partial charge in [-0.1, -0.05) is 0 Å². The molecule has 1 atom stereocenters. The van der Waals surface area contributed by atoms with Gasteiger partial charge in [0.15, 0.2) is 11.6 Å². The van der Waals surface area contributed by atoms with Crippen LogP contribution in [0, 0.1) is 11.6 Å². The van der Waals surface area contributed by atoms with E-state index in [0.29, 0.717) is 0 Å². The fraction of sp³-hybridized carbons (Fsp3) is 0.462. The molecule has 3 N–H and O–H groups in total. The lowest BCUT2D eigenvalue weighted by atomic mass is 10.0. The van der Waals surface area contributed by atoms with Crippen molar-refractivity contribution in [2.75, 3.05) is 6.61 Å². The van der Waals surface area contributed by atoms with Gasteiger partial charge in [0.2, 0.25) is 5.91 Å². The van der Waals surface area contributed by atoms with E-state index in [4.69, 9.17) is 10.5 Å². The molecule has 0 aliphatic heterocycles. The maximum absolute atomic E-state index is 13.4. The zero-order valence-electron chi connectivity index (χ0n) is 10.6. The van der Waals surface area contributed by atoms with Crippen LogP contribution in [0.15, 0.2) is 18.2 Å². The van der Waals surface area contributed by atoms with Crippen LogP contribution < -0.4 is 15.8 Å². The van der Waals surface area contributed by atoms with Crippen molar-refractivity contribution in [3.8, 4) is 5.75 Å². The fourth-order valence-electron chi connectivity index (χ4n) is 1.68. The number of primary amides is 1. The van der Waals surface area contributed by atoms with Crippen LogP contribution >= 0.6 is 0 Å². The third-order valence-electron chi connectivity index (χ3n) is 3.05. The molecule has 6 heteroatoms. The maximum Gasteiger partial charge on any atom is 0.240 e. The van der Waals surface area contributed by atoms with Crippen LogP contribution in [0.5, 0.6) is 5.75 Å². The number of halogens is 2. The lowest BCUT2D eigenvalue weighted by Crippen LogP contribution is -2.57. The molecule has 0 saturated heterocycles. The van der Waals surface area contributed by atoms with Gasteiger partial charge in [-0.05, 0) is 31.9 Å². The van der Waals surface area contributed by atoms with E-state index in [1.165, 1.54) is 6.07 Å². The Morgan fingerprint density at radius 2 is 2.21 bits per heavy atom. The van der Waals surface area contributed by atoms with E-state index < -0.39 is 23.1 Å². The molecule has 104 valence electrons. The number of nitrogens with two attached hydrogens (primary N) is 1. The van der Waals surface area contributed by atoms with Crippen molar-refractivity contribution in [3.05, 3.63) is 29.8 Å². The number of ether oxygens (including phenoxy) is 1. The summed E-state index contributed by atoms with van der Waals surface area (Å²) in [6.45, 7) is 1.50. The molecule has 1 unspecified atom stereocenters. The lowest BCUT2D eigenvalue weighted by molar-refractivity contribution is -0.125. The summed E-state index contributed by atoms with van der Waals surface area (Å²) in [5, 5.41) is 3.07. The number of hydrogen-bond donors (Lipinski definition) is 2. The van der Waals surface area contributed by atoms with Crippen molar-refractivity contribution < 1.29 is 18.3 Å². The predicted octanol–water partition coefficient (Wildman–Crippen LogP) is 1.34. The van der Waals surface area contributed by atoms with E-state index in [1.807, 2.05) is 0 Å². The van der Waals surface area contributed by atoms with Crippen LogP contribution in [0.4, 0.5) is 8.78 Å². The number of hydrogen-bond acceptors (Lipinski definition) is 3. The topological polar surface area (TPSA) is 64.3 Å². The van der Waals surface area contributed by atoms with E-state index in [2.05, 4.69) is 5.32 Å². The Kier molecular flexibility index (Phi) is 3.71. The van der Waals surface area contributed by atoms with Crippen LogP contribution in [0.3, 0.4) is 0 Å². The second-order valence-electron chi connectivity index (χ2n) is 4.98. The molecule has 1 aliphatic rings. The zero-order chi connectivity index (χ0) is 14.0. The van der Waals surface area contributed by atoms with E-state index in [0.717, 1.165) is 25.0 Å². The molecule has 4 nitrogen and oxygen atoms in total. The van der Waals surface area contributed by atoms with Crippen molar-refractivity contribution in [1.29, 1.82) is 0 Å². The quantitative estimate of drug-likeness (QED) is 0.820. The minimum atomic E-state index is -1.07. The summed E-state index contributed by atoms with van der Waals surface area (Å²) in [7, 11) is 0. The molecule has 2 rings (SSSR count). The van der Waals surface area contributed by atoms with E-state index >= 15 is 0 Å². The molecule has 0 spiro atoms. The average Bonchev–Trinajstić information content (AvgIpc) is 3.11. The second-order valence-corrected chi connectivity index (χ2v) is 4.98. The minimum absolute atomic E-state index is 0.105. The van der Waals surface area contributed by atoms with Crippen molar-refractivity contribution >= 4 is 5.91 Å². The fourth-order valence-corrected chi connectivity index (χ4v) is 1.68. The summed E-state index contributed by atoms with van der Waals surface area (Å²) in [5.41, 5.74) is 4.27. The van der Waals surface area contributed by atoms with Gasteiger partial charge in [0, 0.05) is 12.1 Å². The molecule has 0 radical (unpaired) electrons. The number of carbonyl (C=O) groups excluding carboxylic acids is 1. The molecular weight excluding hydrogens is 254 g/mol. The van der Waals surface area contributed by atoms with Gasteiger partial charge in [-0.3, -0.25) is 10.1 Å². The van der Waals surface area contributed by atoms with E-state index in [9.17, 15) is 13.6 Å². The normalized spacial score (nSPS) is 17.8. The molecule has 1 aliphatic carbocycles. The van der Waals surface area contributed by atoms with Crippen molar-refractivity contribution in [2.45, 2.75) is 31.3 Å². The first-order chi connectivity index (χ1) is 8.90. The van der Waals surface area contributed by atoms with Crippen LogP contribution in [0.2, 0.25) is 0 Å². The zero-order valence-corrected chi connectivity index (χ0v) is 10.6. The number of amides is 1. The Balaban J connectivity index is 2.03. The summed E-state index contributed by atoms with van der Waals surface area (Å²) in [4.78, 5) is 11.5. The molecule has 0 aromatic heterocycles. The monoisotopic (exact) mass is 270 g/mol. The summed E-state index contributed by atoms with van der Waals surface area (Å²) >= 11 is 0. The largest absolute Gasteiger partial charge is 0.488 e. The lowest BCUT2D eigenvalue weighted by Gasteiger charge is -2.27.